The summed E-state index contributed by atoms with van der Waals surface area (Å²) in [5, 5.41) is 19.4. The summed E-state index contributed by atoms with van der Waals surface area (Å²) in [4.78, 5) is 0. The van der Waals surface area contributed by atoms with Gasteiger partial charge in [-0.25, -0.2) is 0 Å². The summed E-state index contributed by atoms with van der Waals surface area (Å²) in [6, 6.07) is 12.3. The lowest BCUT2D eigenvalue weighted by atomic mass is 9.90. The maximum absolute atomic E-state index is 9.74. The van der Waals surface area contributed by atoms with E-state index in [0.29, 0.717) is 40.5 Å². The van der Waals surface area contributed by atoms with Gasteiger partial charge >= 0.3 is 0 Å². The van der Waals surface area contributed by atoms with Crippen molar-refractivity contribution >= 4 is 11.3 Å². The first-order chi connectivity index (χ1) is 13.2. The maximum Gasteiger partial charge on any atom is 0.184 e. The Morgan fingerprint density at radius 2 is 1.96 bits per heavy atom. The zero-order chi connectivity index (χ0) is 20.5. The number of anilines is 1. The molecule has 146 valence electrons. The van der Waals surface area contributed by atoms with Gasteiger partial charge in [-0.2, -0.15) is 5.26 Å². The van der Waals surface area contributed by atoms with E-state index in [4.69, 9.17) is 20.9 Å². The second-order valence-electron chi connectivity index (χ2n) is 8.03. The van der Waals surface area contributed by atoms with Crippen LogP contribution in [0.25, 0.3) is 5.57 Å². The van der Waals surface area contributed by atoms with Gasteiger partial charge in [0.15, 0.2) is 6.23 Å². The Morgan fingerprint density at radius 3 is 2.61 bits per heavy atom. The minimum Gasteiger partial charge on any atom is -0.508 e. The predicted octanol–water partition coefficient (Wildman–Crippen LogP) is 3.79. The second kappa shape index (κ2) is 7.45. The molecule has 0 saturated carbocycles. The van der Waals surface area contributed by atoms with Gasteiger partial charge in [0.25, 0.3) is 0 Å². The van der Waals surface area contributed by atoms with Crippen LogP contribution in [0.15, 0.2) is 42.0 Å². The molecule has 6 heteroatoms. The fourth-order valence-corrected chi connectivity index (χ4v) is 3.03. The van der Waals surface area contributed by atoms with E-state index in [1.165, 1.54) is 6.07 Å². The Morgan fingerprint density at radius 1 is 1.21 bits per heavy atom. The van der Waals surface area contributed by atoms with Crippen LogP contribution in [-0.2, 0) is 0 Å². The van der Waals surface area contributed by atoms with Crippen molar-refractivity contribution in [2.75, 3.05) is 12.3 Å². The molecule has 0 bridgehead atoms. The van der Waals surface area contributed by atoms with Crippen LogP contribution in [0.3, 0.4) is 0 Å². The van der Waals surface area contributed by atoms with E-state index >= 15 is 0 Å². The Balaban J connectivity index is 1.98. The van der Waals surface area contributed by atoms with Crippen LogP contribution in [0.5, 0.6) is 17.2 Å². The van der Waals surface area contributed by atoms with Crippen molar-refractivity contribution in [3.05, 3.63) is 53.1 Å². The van der Waals surface area contributed by atoms with Gasteiger partial charge in [-0.05, 0) is 41.7 Å². The number of benzene rings is 2. The smallest absolute Gasteiger partial charge is 0.184 e. The Kier molecular flexibility index (Phi) is 5.21. The van der Waals surface area contributed by atoms with E-state index in [2.05, 4.69) is 26.8 Å². The SMILES string of the molecule is CC(C)(C)CCOc1ccc(C2=C(C#N)C(N)Oc3cc(O)ccc32)cc1N. The molecule has 5 N–H and O–H groups in total. The number of nitrogens with zero attached hydrogens (tertiary/aromatic N) is 1. The standard InChI is InChI=1S/C22H25N3O3/c1-22(2,3)8-9-27-18-7-4-13(10-17(18)24)20-15-6-5-14(26)11-19(15)28-21(25)16(20)12-23/h4-7,10-11,21,26H,8-9,24-25H2,1-3H3. The zero-order valence-electron chi connectivity index (χ0n) is 16.3. The van der Waals surface area contributed by atoms with E-state index in [1.807, 2.05) is 6.07 Å². The molecular formula is C22H25N3O3. The zero-order valence-corrected chi connectivity index (χ0v) is 16.3. The van der Waals surface area contributed by atoms with Crippen molar-refractivity contribution in [2.45, 2.75) is 33.4 Å². The highest BCUT2D eigenvalue weighted by molar-refractivity contribution is 5.90. The number of nitrogens with two attached hydrogens (primary N) is 2. The van der Waals surface area contributed by atoms with E-state index in [9.17, 15) is 10.4 Å². The number of fused-ring (bicyclic) bond motifs is 1. The minimum atomic E-state index is -0.918. The predicted molar refractivity (Wildman–Crippen MR) is 109 cm³/mol. The number of rotatable bonds is 4. The van der Waals surface area contributed by atoms with Crippen molar-refractivity contribution in [1.29, 1.82) is 5.26 Å². The lowest BCUT2D eigenvalue weighted by Crippen LogP contribution is -2.32. The van der Waals surface area contributed by atoms with Crippen LogP contribution in [0.2, 0.25) is 0 Å². The fraction of sp³-hybridized carbons (Fsp3) is 0.318. The third kappa shape index (κ3) is 4.05. The quantitative estimate of drug-likeness (QED) is 0.696. The molecule has 28 heavy (non-hydrogen) atoms. The second-order valence-corrected chi connectivity index (χ2v) is 8.03. The minimum absolute atomic E-state index is 0.0628. The highest BCUT2D eigenvalue weighted by Gasteiger charge is 2.28. The van der Waals surface area contributed by atoms with Gasteiger partial charge in [0, 0.05) is 17.2 Å². The molecule has 0 saturated heterocycles. The monoisotopic (exact) mass is 379 g/mol. The average Bonchev–Trinajstić information content (AvgIpc) is 2.60. The van der Waals surface area contributed by atoms with Crippen LogP contribution >= 0.6 is 0 Å². The third-order valence-electron chi connectivity index (χ3n) is 4.57. The molecule has 0 amide bonds. The number of nitriles is 1. The molecule has 1 unspecified atom stereocenters. The van der Waals surface area contributed by atoms with Gasteiger partial charge in [0.05, 0.1) is 17.9 Å². The highest BCUT2D eigenvalue weighted by atomic mass is 16.5. The number of hydrogen-bond donors (Lipinski definition) is 3. The molecule has 1 aliphatic rings. The molecule has 1 heterocycles. The molecule has 0 fully saturated rings. The van der Waals surface area contributed by atoms with Gasteiger partial charge in [0.1, 0.15) is 23.3 Å². The fourth-order valence-electron chi connectivity index (χ4n) is 3.03. The van der Waals surface area contributed by atoms with Gasteiger partial charge in [-0.3, -0.25) is 5.73 Å². The molecule has 1 aliphatic heterocycles. The van der Waals surface area contributed by atoms with Crippen LogP contribution in [0.1, 0.15) is 38.3 Å². The number of phenolic OH excluding ortho intramolecular Hbond substituents is 1. The molecule has 2 aromatic rings. The van der Waals surface area contributed by atoms with E-state index in [0.717, 1.165) is 12.0 Å². The van der Waals surface area contributed by atoms with Crippen LogP contribution in [0.4, 0.5) is 5.69 Å². The number of ether oxygens (including phenoxy) is 2. The summed E-state index contributed by atoms with van der Waals surface area (Å²) in [6.45, 7) is 7.03. The Labute approximate surface area is 165 Å². The molecule has 0 spiro atoms. The summed E-state index contributed by atoms with van der Waals surface area (Å²) in [6.07, 6.45) is -0.0145. The van der Waals surface area contributed by atoms with Crippen molar-refractivity contribution in [3.63, 3.8) is 0 Å². The van der Waals surface area contributed by atoms with Gasteiger partial charge in [-0.15, -0.1) is 0 Å². The van der Waals surface area contributed by atoms with E-state index in [-0.39, 0.29) is 11.2 Å². The highest BCUT2D eigenvalue weighted by Crippen LogP contribution is 2.41. The normalized spacial score (nSPS) is 16.2. The topological polar surface area (TPSA) is 115 Å². The Hall–Kier alpha value is -3.17. The molecular weight excluding hydrogens is 354 g/mol. The lowest BCUT2D eigenvalue weighted by Gasteiger charge is -2.26. The first kappa shape index (κ1) is 19.6. The summed E-state index contributed by atoms with van der Waals surface area (Å²) >= 11 is 0. The third-order valence-corrected chi connectivity index (χ3v) is 4.57. The van der Waals surface area contributed by atoms with Crippen LogP contribution in [-0.4, -0.2) is 17.9 Å². The lowest BCUT2D eigenvalue weighted by molar-refractivity contribution is 0.244. The van der Waals surface area contributed by atoms with E-state index in [1.54, 1.807) is 24.3 Å². The molecule has 0 aliphatic carbocycles. The molecule has 0 aromatic heterocycles. The number of aromatic hydroxyl groups is 1. The molecule has 6 nitrogen and oxygen atoms in total. The first-order valence-electron chi connectivity index (χ1n) is 9.12. The summed E-state index contributed by atoms with van der Waals surface area (Å²) < 4.78 is 11.4. The number of nitrogen functional groups attached to an aromatic ring is 1. The molecule has 1 atom stereocenters. The molecule has 3 rings (SSSR count). The summed E-state index contributed by atoms with van der Waals surface area (Å²) in [7, 11) is 0. The average molecular weight is 379 g/mol. The van der Waals surface area contributed by atoms with Gasteiger partial charge in [0.2, 0.25) is 0 Å². The Bertz CT molecular complexity index is 968. The summed E-state index contributed by atoms with van der Waals surface area (Å²) in [5.41, 5.74) is 15.2. The van der Waals surface area contributed by atoms with Crippen molar-refractivity contribution in [2.24, 2.45) is 11.1 Å². The van der Waals surface area contributed by atoms with Crippen molar-refractivity contribution in [1.82, 2.24) is 0 Å². The van der Waals surface area contributed by atoms with Gasteiger partial charge < -0.3 is 20.3 Å². The van der Waals surface area contributed by atoms with Gasteiger partial charge in [-0.1, -0.05) is 26.8 Å². The van der Waals surface area contributed by atoms with E-state index < -0.39 is 6.23 Å². The number of hydrogen-bond acceptors (Lipinski definition) is 6. The first-order valence-corrected chi connectivity index (χ1v) is 9.12. The maximum atomic E-state index is 9.74. The van der Waals surface area contributed by atoms with Crippen LogP contribution < -0.4 is 20.9 Å². The molecule has 2 aromatic carbocycles. The van der Waals surface area contributed by atoms with Crippen molar-refractivity contribution in [3.8, 4) is 23.3 Å². The summed E-state index contributed by atoms with van der Waals surface area (Å²) in [5.74, 6) is 1.09. The van der Waals surface area contributed by atoms with Crippen molar-refractivity contribution < 1.29 is 14.6 Å². The number of phenols is 1. The molecule has 0 radical (unpaired) electrons. The van der Waals surface area contributed by atoms with Crippen LogP contribution in [0, 0.1) is 16.7 Å². The largest absolute Gasteiger partial charge is 0.508 e.